The summed E-state index contributed by atoms with van der Waals surface area (Å²) in [5.74, 6) is -2.26. The molecule has 0 bridgehead atoms. The van der Waals surface area contributed by atoms with Crippen molar-refractivity contribution in [2.24, 2.45) is 0 Å². The van der Waals surface area contributed by atoms with Crippen LogP contribution >= 0.6 is 0 Å². The number of benzene rings is 1. The Bertz CT molecular complexity index is 676. The van der Waals surface area contributed by atoms with Gasteiger partial charge in [-0.25, -0.2) is 4.98 Å². The molecule has 0 amide bonds. The smallest absolute Gasteiger partial charge is 0.417 e. The SMILES string of the molecule is Cc1nc(-c2ccccc2C(F)(F)F)c(C(C)C(=O)O)o1. The van der Waals surface area contributed by atoms with E-state index in [2.05, 4.69) is 4.98 Å². The molecule has 0 fully saturated rings. The fourth-order valence-electron chi connectivity index (χ4n) is 1.98. The van der Waals surface area contributed by atoms with Crippen LogP contribution in [0.5, 0.6) is 0 Å². The van der Waals surface area contributed by atoms with Crippen molar-refractivity contribution >= 4 is 5.97 Å². The molecule has 21 heavy (non-hydrogen) atoms. The summed E-state index contributed by atoms with van der Waals surface area (Å²) < 4.78 is 44.4. The van der Waals surface area contributed by atoms with Crippen molar-refractivity contribution in [3.63, 3.8) is 0 Å². The first-order valence-electron chi connectivity index (χ1n) is 6.08. The molecule has 1 N–H and O–H groups in total. The molecule has 7 heteroatoms. The van der Waals surface area contributed by atoms with Crippen molar-refractivity contribution in [3.05, 3.63) is 41.5 Å². The highest BCUT2D eigenvalue weighted by Crippen LogP contribution is 2.39. The first-order valence-corrected chi connectivity index (χ1v) is 6.08. The van der Waals surface area contributed by atoms with Gasteiger partial charge in [0, 0.05) is 12.5 Å². The van der Waals surface area contributed by atoms with Crippen LogP contribution in [0.2, 0.25) is 0 Å². The molecule has 2 rings (SSSR count). The van der Waals surface area contributed by atoms with Gasteiger partial charge in [-0.05, 0) is 13.0 Å². The first-order chi connectivity index (χ1) is 9.71. The molecule has 112 valence electrons. The van der Waals surface area contributed by atoms with E-state index in [1.165, 1.54) is 32.0 Å². The number of aliphatic carboxylic acids is 1. The molecule has 4 nitrogen and oxygen atoms in total. The van der Waals surface area contributed by atoms with Crippen LogP contribution < -0.4 is 0 Å². The Morgan fingerprint density at radius 3 is 2.52 bits per heavy atom. The van der Waals surface area contributed by atoms with Crippen LogP contribution in [0.15, 0.2) is 28.7 Å². The summed E-state index contributed by atoms with van der Waals surface area (Å²) in [4.78, 5) is 15.0. The van der Waals surface area contributed by atoms with E-state index >= 15 is 0 Å². The Hall–Kier alpha value is -2.31. The first kappa shape index (κ1) is 15.1. The summed E-state index contributed by atoms with van der Waals surface area (Å²) in [6.07, 6.45) is -4.56. The monoisotopic (exact) mass is 299 g/mol. The number of nitrogens with zero attached hydrogens (tertiary/aromatic N) is 1. The highest BCUT2D eigenvalue weighted by Gasteiger charge is 2.36. The van der Waals surface area contributed by atoms with Crippen LogP contribution in [0.25, 0.3) is 11.3 Å². The van der Waals surface area contributed by atoms with Gasteiger partial charge < -0.3 is 9.52 Å². The molecule has 0 saturated heterocycles. The number of halogens is 3. The van der Waals surface area contributed by atoms with E-state index in [9.17, 15) is 18.0 Å². The van der Waals surface area contributed by atoms with Crippen molar-refractivity contribution in [1.29, 1.82) is 0 Å². The number of aryl methyl sites for hydroxylation is 1. The van der Waals surface area contributed by atoms with Crippen LogP contribution in [-0.2, 0) is 11.0 Å². The minimum absolute atomic E-state index is 0.0864. The summed E-state index contributed by atoms with van der Waals surface area (Å²) >= 11 is 0. The number of oxazole rings is 1. The highest BCUT2D eigenvalue weighted by atomic mass is 19.4. The van der Waals surface area contributed by atoms with Gasteiger partial charge in [0.05, 0.1) is 5.56 Å². The zero-order valence-electron chi connectivity index (χ0n) is 11.2. The molecule has 1 atom stereocenters. The zero-order chi connectivity index (χ0) is 15.8. The summed E-state index contributed by atoms with van der Waals surface area (Å²) in [5.41, 5.74) is -1.16. The second kappa shape index (κ2) is 5.23. The van der Waals surface area contributed by atoms with E-state index in [0.29, 0.717) is 0 Å². The third-order valence-corrected chi connectivity index (χ3v) is 3.01. The van der Waals surface area contributed by atoms with Gasteiger partial charge >= 0.3 is 12.1 Å². The number of hydrogen-bond acceptors (Lipinski definition) is 3. The number of aromatic nitrogens is 1. The lowest BCUT2D eigenvalue weighted by Gasteiger charge is -2.12. The summed E-state index contributed by atoms with van der Waals surface area (Å²) in [5, 5.41) is 9.04. The van der Waals surface area contributed by atoms with Gasteiger partial charge in [-0.15, -0.1) is 0 Å². The van der Waals surface area contributed by atoms with Crippen molar-refractivity contribution in [2.45, 2.75) is 25.9 Å². The summed E-state index contributed by atoms with van der Waals surface area (Å²) in [6.45, 7) is 2.79. The molecule has 1 aromatic carbocycles. The van der Waals surface area contributed by atoms with E-state index in [-0.39, 0.29) is 22.9 Å². The molecule has 0 spiro atoms. The van der Waals surface area contributed by atoms with Gasteiger partial charge in [-0.3, -0.25) is 4.79 Å². The number of carboxylic acid groups (broad SMARTS) is 1. The Morgan fingerprint density at radius 1 is 1.33 bits per heavy atom. The van der Waals surface area contributed by atoms with Crippen LogP contribution in [0.1, 0.15) is 30.1 Å². The fourth-order valence-corrected chi connectivity index (χ4v) is 1.98. The second-order valence-corrected chi connectivity index (χ2v) is 4.55. The van der Waals surface area contributed by atoms with Crippen molar-refractivity contribution in [3.8, 4) is 11.3 Å². The maximum Gasteiger partial charge on any atom is 0.417 e. The van der Waals surface area contributed by atoms with Gasteiger partial charge in [0.2, 0.25) is 0 Å². The van der Waals surface area contributed by atoms with E-state index in [4.69, 9.17) is 9.52 Å². The second-order valence-electron chi connectivity index (χ2n) is 4.55. The molecule has 1 aromatic heterocycles. The third-order valence-electron chi connectivity index (χ3n) is 3.01. The average molecular weight is 299 g/mol. The fraction of sp³-hybridized carbons (Fsp3) is 0.286. The molecule has 1 heterocycles. The van der Waals surface area contributed by atoms with Gasteiger partial charge in [0.1, 0.15) is 17.4 Å². The Morgan fingerprint density at radius 2 is 1.95 bits per heavy atom. The minimum atomic E-state index is -4.56. The molecular formula is C14H12F3NO3. The summed E-state index contributed by atoms with van der Waals surface area (Å²) in [7, 11) is 0. The van der Waals surface area contributed by atoms with Crippen LogP contribution in [0.4, 0.5) is 13.2 Å². The molecule has 0 radical (unpaired) electrons. The van der Waals surface area contributed by atoms with Crippen LogP contribution in [-0.4, -0.2) is 16.1 Å². The Labute approximate surface area is 118 Å². The van der Waals surface area contributed by atoms with E-state index in [0.717, 1.165) is 6.07 Å². The summed E-state index contributed by atoms with van der Waals surface area (Å²) in [6, 6.07) is 4.87. The van der Waals surface area contributed by atoms with Crippen molar-refractivity contribution < 1.29 is 27.5 Å². The topological polar surface area (TPSA) is 63.3 Å². The van der Waals surface area contributed by atoms with Gasteiger partial charge in [-0.1, -0.05) is 18.2 Å². The van der Waals surface area contributed by atoms with Crippen LogP contribution in [0, 0.1) is 6.92 Å². The van der Waals surface area contributed by atoms with Gasteiger partial charge in [-0.2, -0.15) is 13.2 Å². The molecule has 0 aliphatic rings. The molecule has 2 aromatic rings. The maximum absolute atomic E-state index is 13.1. The predicted octanol–water partition coefficient (Wildman–Crippen LogP) is 3.86. The van der Waals surface area contributed by atoms with E-state index < -0.39 is 23.6 Å². The maximum atomic E-state index is 13.1. The average Bonchev–Trinajstić information content (AvgIpc) is 2.78. The Kier molecular flexibility index (Phi) is 3.76. The third kappa shape index (κ3) is 2.91. The lowest BCUT2D eigenvalue weighted by Crippen LogP contribution is -2.10. The van der Waals surface area contributed by atoms with Crippen LogP contribution in [0.3, 0.4) is 0 Å². The number of rotatable bonds is 3. The van der Waals surface area contributed by atoms with E-state index in [1.807, 2.05) is 0 Å². The van der Waals surface area contributed by atoms with Gasteiger partial charge in [0.25, 0.3) is 0 Å². The largest absolute Gasteiger partial charge is 0.481 e. The van der Waals surface area contributed by atoms with E-state index in [1.54, 1.807) is 0 Å². The number of hydrogen-bond donors (Lipinski definition) is 1. The molecule has 0 aliphatic carbocycles. The lowest BCUT2D eigenvalue weighted by atomic mass is 9.98. The molecule has 1 unspecified atom stereocenters. The molecular weight excluding hydrogens is 287 g/mol. The number of carboxylic acids is 1. The number of alkyl halides is 3. The number of carbonyl (C=O) groups is 1. The Balaban J connectivity index is 2.66. The van der Waals surface area contributed by atoms with Crippen molar-refractivity contribution in [1.82, 2.24) is 4.98 Å². The van der Waals surface area contributed by atoms with Gasteiger partial charge in [0.15, 0.2) is 5.89 Å². The standard InChI is InChI=1S/C14H12F3NO3/c1-7(13(19)20)12-11(18-8(2)21-12)9-5-3-4-6-10(9)14(15,16)17/h3-7H,1-2H3,(H,19,20). The highest BCUT2D eigenvalue weighted by molar-refractivity contribution is 5.79. The zero-order valence-corrected chi connectivity index (χ0v) is 11.2. The van der Waals surface area contributed by atoms with Crippen molar-refractivity contribution in [2.75, 3.05) is 0 Å². The molecule has 0 aliphatic heterocycles. The molecule has 0 saturated carbocycles. The predicted molar refractivity (Wildman–Crippen MR) is 67.7 cm³/mol. The lowest BCUT2D eigenvalue weighted by molar-refractivity contribution is -0.138. The minimum Gasteiger partial charge on any atom is -0.481 e. The normalized spacial score (nSPS) is 13.2. The quantitative estimate of drug-likeness (QED) is 0.934.